The van der Waals surface area contributed by atoms with Gasteiger partial charge >= 0.3 is 0 Å². The van der Waals surface area contributed by atoms with Gasteiger partial charge in [-0.25, -0.2) is 4.39 Å². The molecule has 0 aliphatic heterocycles. The van der Waals surface area contributed by atoms with Gasteiger partial charge in [-0.1, -0.05) is 34.1 Å². The summed E-state index contributed by atoms with van der Waals surface area (Å²) in [7, 11) is 1.61. The van der Waals surface area contributed by atoms with Crippen molar-refractivity contribution in [2.45, 2.75) is 12.5 Å². The summed E-state index contributed by atoms with van der Waals surface area (Å²) in [5.74, 6) is 0.491. The van der Waals surface area contributed by atoms with E-state index in [1.165, 1.54) is 12.1 Å². The predicted molar refractivity (Wildman–Crippen MR) is 77.7 cm³/mol. The van der Waals surface area contributed by atoms with Crippen molar-refractivity contribution in [3.05, 3.63) is 63.9 Å². The molecule has 2 aromatic carbocycles. The molecule has 2 N–H and O–H groups in total. The van der Waals surface area contributed by atoms with Gasteiger partial charge in [-0.3, -0.25) is 0 Å². The fraction of sp³-hybridized carbons (Fsp3) is 0.200. The van der Waals surface area contributed by atoms with Crippen LogP contribution < -0.4 is 10.5 Å². The summed E-state index contributed by atoms with van der Waals surface area (Å²) >= 11 is 3.39. The number of nitrogens with two attached hydrogens (primary N) is 1. The third-order valence-electron chi connectivity index (χ3n) is 2.94. The first kappa shape index (κ1) is 14.0. The van der Waals surface area contributed by atoms with Crippen molar-refractivity contribution in [3.8, 4) is 5.75 Å². The maximum absolute atomic E-state index is 13.1. The molecule has 0 bridgehead atoms. The van der Waals surface area contributed by atoms with Gasteiger partial charge in [-0.2, -0.15) is 0 Å². The van der Waals surface area contributed by atoms with Gasteiger partial charge in [0.15, 0.2) is 0 Å². The van der Waals surface area contributed by atoms with Crippen LogP contribution >= 0.6 is 15.9 Å². The van der Waals surface area contributed by atoms with Gasteiger partial charge in [0.1, 0.15) is 11.6 Å². The van der Waals surface area contributed by atoms with Gasteiger partial charge in [-0.15, -0.1) is 0 Å². The third kappa shape index (κ3) is 3.55. The molecular formula is C15H15BrFNO. The zero-order valence-corrected chi connectivity index (χ0v) is 12.2. The molecule has 0 amide bonds. The SMILES string of the molecule is COc1cc(Br)ccc1C(N)Cc1cccc(F)c1. The van der Waals surface area contributed by atoms with Gasteiger partial charge < -0.3 is 10.5 Å². The van der Waals surface area contributed by atoms with E-state index in [-0.39, 0.29) is 11.9 Å². The summed E-state index contributed by atoms with van der Waals surface area (Å²) in [4.78, 5) is 0. The molecule has 0 aliphatic rings. The van der Waals surface area contributed by atoms with Gasteiger partial charge in [0, 0.05) is 16.1 Å². The van der Waals surface area contributed by atoms with Crippen LogP contribution in [0.2, 0.25) is 0 Å². The van der Waals surface area contributed by atoms with Gasteiger partial charge in [0.05, 0.1) is 7.11 Å². The van der Waals surface area contributed by atoms with Crippen LogP contribution in [0.15, 0.2) is 46.9 Å². The average molecular weight is 324 g/mol. The Labute approximate surface area is 120 Å². The van der Waals surface area contributed by atoms with Crippen LogP contribution in [-0.4, -0.2) is 7.11 Å². The molecule has 1 atom stereocenters. The average Bonchev–Trinajstić information content (AvgIpc) is 2.38. The van der Waals surface area contributed by atoms with Crippen molar-refractivity contribution in [3.63, 3.8) is 0 Å². The summed E-state index contributed by atoms with van der Waals surface area (Å²) in [6.45, 7) is 0. The standard InChI is InChI=1S/C15H15BrFNO/c1-19-15-9-11(16)5-6-13(15)14(18)8-10-3-2-4-12(17)7-10/h2-7,9,14H,8,18H2,1H3. The summed E-state index contributed by atoms with van der Waals surface area (Å²) in [5, 5.41) is 0. The second-order valence-corrected chi connectivity index (χ2v) is 5.24. The summed E-state index contributed by atoms with van der Waals surface area (Å²) in [5.41, 5.74) is 7.97. The molecule has 0 aromatic heterocycles. The molecule has 0 saturated heterocycles. The van der Waals surface area contributed by atoms with Crippen LogP contribution in [0.25, 0.3) is 0 Å². The third-order valence-corrected chi connectivity index (χ3v) is 3.43. The highest BCUT2D eigenvalue weighted by molar-refractivity contribution is 9.10. The molecule has 0 heterocycles. The number of hydrogen-bond acceptors (Lipinski definition) is 2. The largest absolute Gasteiger partial charge is 0.496 e. The van der Waals surface area contributed by atoms with Crippen LogP contribution in [0, 0.1) is 5.82 Å². The van der Waals surface area contributed by atoms with Crippen LogP contribution in [0.1, 0.15) is 17.2 Å². The highest BCUT2D eigenvalue weighted by atomic mass is 79.9. The van der Waals surface area contributed by atoms with Crippen LogP contribution in [-0.2, 0) is 6.42 Å². The Hall–Kier alpha value is -1.39. The van der Waals surface area contributed by atoms with Crippen molar-refractivity contribution in [2.75, 3.05) is 7.11 Å². The molecule has 4 heteroatoms. The molecule has 2 aromatic rings. The molecule has 0 fully saturated rings. The summed E-state index contributed by atoms with van der Waals surface area (Å²) < 4.78 is 19.4. The number of hydrogen-bond donors (Lipinski definition) is 1. The van der Waals surface area contributed by atoms with Gasteiger partial charge in [0.2, 0.25) is 0 Å². The molecule has 2 nitrogen and oxygen atoms in total. The maximum Gasteiger partial charge on any atom is 0.124 e. The lowest BCUT2D eigenvalue weighted by molar-refractivity contribution is 0.405. The monoisotopic (exact) mass is 323 g/mol. The molecule has 19 heavy (non-hydrogen) atoms. The zero-order valence-electron chi connectivity index (χ0n) is 10.6. The van der Waals surface area contributed by atoms with Gasteiger partial charge in [-0.05, 0) is 36.2 Å². The number of benzene rings is 2. The Balaban J connectivity index is 2.22. The van der Waals surface area contributed by atoms with Crippen molar-refractivity contribution in [2.24, 2.45) is 5.73 Å². The van der Waals surface area contributed by atoms with Crippen molar-refractivity contribution >= 4 is 15.9 Å². The number of halogens is 2. The fourth-order valence-electron chi connectivity index (χ4n) is 2.02. The Morgan fingerprint density at radius 3 is 2.74 bits per heavy atom. The molecule has 100 valence electrons. The molecule has 0 radical (unpaired) electrons. The minimum absolute atomic E-state index is 0.232. The number of methoxy groups -OCH3 is 1. The number of rotatable bonds is 4. The second kappa shape index (κ2) is 6.17. The maximum atomic E-state index is 13.1. The lowest BCUT2D eigenvalue weighted by Crippen LogP contribution is -2.14. The lowest BCUT2D eigenvalue weighted by atomic mass is 9.99. The smallest absolute Gasteiger partial charge is 0.124 e. The van der Waals surface area contributed by atoms with E-state index in [1.54, 1.807) is 13.2 Å². The van der Waals surface area contributed by atoms with Crippen molar-refractivity contribution < 1.29 is 9.13 Å². The van der Waals surface area contributed by atoms with E-state index in [1.807, 2.05) is 24.3 Å². The second-order valence-electron chi connectivity index (χ2n) is 4.33. The van der Waals surface area contributed by atoms with Gasteiger partial charge in [0.25, 0.3) is 0 Å². The normalized spacial score (nSPS) is 12.2. The van der Waals surface area contributed by atoms with E-state index < -0.39 is 0 Å². The highest BCUT2D eigenvalue weighted by Gasteiger charge is 2.13. The Bertz CT molecular complexity index is 574. The van der Waals surface area contributed by atoms with E-state index >= 15 is 0 Å². The Kier molecular flexibility index (Phi) is 4.56. The number of ether oxygens (including phenoxy) is 1. The van der Waals surface area contributed by atoms with E-state index in [0.29, 0.717) is 6.42 Å². The van der Waals surface area contributed by atoms with E-state index in [4.69, 9.17) is 10.5 Å². The minimum Gasteiger partial charge on any atom is -0.496 e. The van der Waals surface area contributed by atoms with E-state index in [2.05, 4.69) is 15.9 Å². The fourth-order valence-corrected chi connectivity index (χ4v) is 2.36. The lowest BCUT2D eigenvalue weighted by Gasteiger charge is -2.16. The highest BCUT2D eigenvalue weighted by Crippen LogP contribution is 2.29. The predicted octanol–water partition coefficient (Wildman–Crippen LogP) is 3.84. The van der Waals surface area contributed by atoms with E-state index in [0.717, 1.165) is 21.3 Å². The van der Waals surface area contributed by atoms with Crippen molar-refractivity contribution in [1.82, 2.24) is 0 Å². The first-order chi connectivity index (χ1) is 9.10. The molecule has 0 saturated carbocycles. The van der Waals surface area contributed by atoms with Crippen molar-refractivity contribution in [1.29, 1.82) is 0 Å². The summed E-state index contributed by atoms with van der Waals surface area (Å²) in [6, 6.07) is 12.0. The quantitative estimate of drug-likeness (QED) is 0.927. The molecule has 1 unspecified atom stereocenters. The van der Waals surface area contributed by atoms with Crippen LogP contribution in [0.4, 0.5) is 4.39 Å². The Morgan fingerprint density at radius 2 is 2.05 bits per heavy atom. The zero-order chi connectivity index (χ0) is 13.8. The Morgan fingerprint density at radius 1 is 1.26 bits per heavy atom. The van der Waals surface area contributed by atoms with Crippen LogP contribution in [0.3, 0.4) is 0 Å². The molecule has 0 aliphatic carbocycles. The van der Waals surface area contributed by atoms with Crippen LogP contribution in [0.5, 0.6) is 5.75 Å². The first-order valence-corrected chi connectivity index (χ1v) is 6.73. The first-order valence-electron chi connectivity index (χ1n) is 5.93. The molecule has 2 rings (SSSR count). The van der Waals surface area contributed by atoms with E-state index in [9.17, 15) is 4.39 Å². The summed E-state index contributed by atoms with van der Waals surface area (Å²) in [6.07, 6.45) is 0.565. The minimum atomic E-state index is -0.243. The molecular weight excluding hydrogens is 309 g/mol. The topological polar surface area (TPSA) is 35.2 Å². The molecule has 0 spiro atoms.